The molecule has 5 heteroatoms. The largest absolute Gasteiger partial charge is 0.381 e. The molecule has 1 amide bonds. The molecule has 1 aliphatic heterocycles. The van der Waals surface area contributed by atoms with Crippen molar-refractivity contribution in [2.24, 2.45) is 0 Å². The van der Waals surface area contributed by atoms with Crippen LogP contribution in [0.25, 0.3) is 0 Å². The standard InChI is InChI=1S/C19H19ClFNO2/c20-16-5-3-15(4-6-16)19(9-11-24-12-10-19)13-22-18(23)14-1-7-17(21)8-2-14/h1-8H,9-13H2,(H,22,23). The first-order chi connectivity index (χ1) is 11.6. The zero-order valence-corrected chi connectivity index (χ0v) is 14.0. The van der Waals surface area contributed by atoms with E-state index in [0.717, 1.165) is 18.4 Å². The maximum absolute atomic E-state index is 13.0. The summed E-state index contributed by atoms with van der Waals surface area (Å²) in [6.07, 6.45) is 1.66. The minimum atomic E-state index is -0.353. The Bertz CT molecular complexity index is 694. The van der Waals surface area contributed by atoms with Gasteiger partial charge < -0.3 is 10.1 Å². The van der Waals surface area contributed by atoms with E-state index >= 15 is 0 Å². The molecule has 126 valence electrons. The number of carbonyl (C=O) groups is 1. The van der Waals surface area contributed by atoms with Crippen LogP contribution in [0.3, 0.4) is 0 Å². The fraction of sp³-hybridized carbons (Fsp3) is 0.316. The second-order valence-corrected chi connectivity index (χ2v) is 6.53. The van der Waals surface area contributed by atoms with E-state index in [9.17, 15) is 9.18 Å². The lowest BCUT2D eigenvalue weighted by Gasteiger charge is -2.38. The number of ether oxygens (including phenoxy) is 1. The maximum Gasteiger partial charge on any atom is 0.251 e. The van der Waals surface area contributed by atoms with Crippen molar-refractivity contribution >= 4 is 17.5 Å². The van der Waals surface area contributed by atoms with Crippen LogP contribution in [-0.2, 0) is 10.2 Å². The SMILES string of the molecule is O=C(NCC1(c2ccc(Cl)cc2)CCOCC1)c1ccc(F)cc1. The first kappa shape index (κ1) is 16.9. The van der Waals surface area contributed by atoms with Crippen molar-refractivity contribution in [1.29, 1.82) is 0 Å². The topological polar surface area (TPSA) is 38.3 Å². The van der Waals surface area contributed by atoms with E-state index in [1.165, 1.54) is 24.3 Å². The molecule has 2 aromatic rings. The van der Waals surface area contributed by atoms with Crippen molar-refractivity contribution in [3.05, 3.63) is 70.5 Å². The summed E-state index contributed by atoms with van der Waals surface area (Å²) in [5.74, 6) is -0.552. The van der Waals surface area contributed by atoms with Crippen LogP contribution in [0.5, 0.6) is 0 Å². The van der Waals surface area contributed by atoms with Crippen LogP contribution in [0.4, 0.5) is 4.39 Å². The third kappa shape index (κ3) is 3.77. The normalized spacial score (nSPS) is 16.6. The molecule has 0 unspecified atom stereocenters. The molecule has 0 aliphatic carbocycles. The summed E-state index contributed by atoms with van der Waals surface area (Å²) in [5, 5.41) is 3.68. The van der Waals surface area contributed by atoms with Gasteiger partial charge in [0.15, 0.2) is 0 Å². The van der Waals surface area contributed by atoms with Crippen molar-refractivity contribution in [2.45, 2.75) is 18.3 Å². The number of hydrogen-bond donors (Lipinski definition) is 1. The van der Waals surface area contributed by atoms with Gasteiger partial charge in [-0.15, -0.1) is 0 Å². The highest BCUT2D eigenvalue weighted by Crippen LogP contribution is 2.35. The Labute approximate surface area is 145 Å². The van der Waals surface area contributed by atoms with Gasteiger partial charge in [0, 0.05) is 35.8 Å². The van der Waals surface area contributed by atoms with Crippen LogP contribution in [0, 0.1) is 5.82 Å². The van der Waals surface area contributed by atoms with Gasteiger partial charge in [-0.05, 0) is 54.8 Å². The van der Waals surface area contributed by atoms with Crippen molar-refractivity contribution in [2.75, 3.05) is 19.8 Å². The third-order valence-electron chi connectivity index (χ3n) is 4.60. The van der Waals surface area contributed by atoms with E-state index < -0.39 is 0 Å². The van der Waals surface area contributed by atoms with Gasteiger partial charge in [0.25, 0.3) is 5.91 Å². The van der Waals surface area contributed by atoms with Gasteiger partial charge >= 0.3 is 0 Å². The lowest BCUT2D eigenvalue weighted by molar-refractivity contribution is 0.0487. The molecule has 0 atom stereocenters. The van der Waals surface area contributed by atoms with Gasteiger partial charge in [-0.25, -0.2) is 4.39 Å². The highest BCUT2D eigenvalue weighted by molar-refractivity contribution is 6.30. The predicted octanol–water partition coefficient (Wildman–Crippen LogP) is 3.96. The number of hydrogen-bond acceptors (Lipinski definition) is 2. The quantitative estimate of drug-likeness (QED) is 0.909. The average Bonchev–Trinajstić information content (AvgIpc) is 2.62. The monoisotopic (exact) mass is 347 g/mol. The molecule has 3 nitrogen and oxygen atoms in total. The molecule has 0 bridgehead atoms. The maximum atomic E-state index is 13.0. The lowest BCUT2D eigenvalue weighted by Crippen LogP contribution is -2.44. The molecule has 1 N–H and O–H groups in total. The molecule has 1 aliphatic rings. The summed E-state index contributed by atoms with van der Waals surface area (Å²) in [6, 6.07) is 13.3. The second kappa shape index (κ2) is 7.32. The summed E-state index contributed by atoms with van der Waals surface area (Å²) >= 11 is 5.99. The molecule has 1 heterocycles. The number of nitrogens with one attached hydrogen (secondary N) is 1. The summed E-state index contributed by atoms with van der Waals surface area (Å²) < 4.78 is 18.5. The molecular formula is C19H19ClFNO2. The number of rotatable bonds is 4. The van der Waals surface area contributed by atoms with Gasteiger partial charge in [0.2, 0.25) is 0 Å². The van der Waals surface area contributed by atoms with Gasteiger partial charge in [-0.1, -0.05) is 23.7 Å². The summed E-state index contributed by atoms with van der Waals surface area (Å²) in [4.78, 5) is 12.3. The Balaban J connectivity index is 1.76. The fourth-order valence-corrected chi connectivity index (χ4v) is 3.21. The predicted molar refractivity (Wildman–Crippen MR) is 91.9 cm³/mol. The molecule has 24 heavy (non-hydrogen) atoms. The first-order valence-corrected chi connectivity index (χ1v) is 8.34. The number of halogens is 2. The number of benzene rings is 2. The van der Waals surface area contributed by atoms with Gasteiger partial charge in [0.05, 0.1) is 0 Å². The van der Waals surface area contributed by atoms with E-state index in [-0.39, 0.29) is 17.1 Å². The zero-order valence-electron chi connectivity index (χ0n) is 13.2. The Morgan fingerprint density at radius 1 is 1.08 bits per heavy atom. The molecule has 2 aromatic carbocycles. The van der Waals surface area contributed by atoms with Crippen LogP contribution in [0.1, 0.15) is 28.8 Å². The fourth-order valence-electron chi connectivity index (χ4n) is 3.09. The minimum Gasteiger partial charge on any atom is -0.381 e. The molecule has 0 saturated carbocycles. The van der Waals surface area contributed by atoms with Crippen molar-refractivity contribution < 1.29 is 13.9 Å². The van der Waals surface area contributed by atoms with E-state index in [4.69, 9.17) is 16.3 Å². The third-order valence-corrected chi connectivity index (χ3v) is 4.85. The smallest absolute Gasteiger partial charge is 0.251 e. The second-order valence-electron chi connectivity index (χ2n) is 6.09. The minimum absolute atomic E-state index is 0.168. The summed E-state index contributed by atoms with van der Waals surface area (Å²) in [7, 11) is 0. The highest BCUT2D eigenvalue weighted by Gasteiger charge is 2.34. The van der Waals surface area contributed by atoms with Crippen LogP contribution in [-0.4, -0.2) is 25.7 Å². The van der Waals surface area contributed by atoms with Crippen molar-refractivity contribution in [3.8, 4) is 0 Å². The molecule has 1 saturated heterocycles. The first-order valence-electron chi connectivity index (χ1n) is 7.97. The van der Waals surface area contributed by atoms with Gasteiger partial charge in [-0.3, -0.25) is 4.79 Å². The summed E-state index contributed by atoms with van der Waals surface area (Å²) in [5.41, 5.74) is 1.43. The zero-order chi connectivity index (χ0) is 17.0. The van der Waals surface area contributed by atoms with Crippen molar-refractivity contribution in [1.82, 2.24) is 5.32 Å². The molecule has 0 spiro atoms. The highest BCUT2D eigenvalue weighted by atomic mass is 35.5. The van der Waals surface area contributed by atoms with E-state index in [1.807, 2.05) is 24.3 Å². The van der Waals surface area contributed by atoms with Crippen LogP contribution < -0.4 is 5.32 Å². The van der Waals surface area contributed by atoms with Crippen LogP contribution in [0.15, 0.2) is 48.5 Å². The molecule has 0 aromatic heterocycles. The summed E-state index contributed by atoms with van der Waals surface area (Å²) in [6.45, 7) is 1.83. The lowest BCUT2D eigenvalue weighted by atomic mass is 9.74. The number of amides is 1. The average molecular weight is 348 g/mol. The number of carbonyl (C=O) groups excluding carboxylic acids is 1. The van der Waals surface area contributed by atoms with E-state index in [1.54, 1.807) is 0 Å². The van der Waals surface area contributed by atoms with Crippen LogP contribution >= 0.6 is 11.6 Å². The van der Waals surface area contributed by atoms with Crippen molar-refractivity contribution in [3.63, 3.8) is 0 Å². The molecule has 1 fully saturated rings. The Hall–Kier alpha value is -1.91. The molecule has 3 rings (SSSR count). The molecule has 0 radical (unpaired) electrons. The van der Waals surface area contributed by atoms with E-state index in [2.05, 4.69) is 5.32 Å². The van der Waals surface area contributed by atoms with E-state index in [0.29, 0.717) is 30.3 Å². The van der Waals surface area contributed by atoms with Gasteiger partial charge in [-0.2, -0.15) is 0 Å². The van der Waals surface area contributed by atoms with Crippen LogP contribution in [0.2, 0.25) is 5.02 Å². The Kier molecular flexibility index (Phi) is 5.17. The van der Waals surface area contributed by atoms with Gasteiger partial charge in [0.1, 0.15) is 5.82 Å². The molecular weight excluding hydrogens is 329 g/mol. The Morgan fingerprint density at radius 2 is 1.71 bits per heavy atom. The Morgan fingerprint density at radius 3 is 2.33 bits per heavy atom.